The summed E-state index contributed by atoms with van der Waals surface area (Å²) in [6.07, 6.45) is 2.37. The van der Waals surface area contributed by atoms with E-state index in [1.165, 1.54) is 5.56 Å². The quantitative estimate of drug-likeness (QED) is 0.850. The number of aliphatic carboxylic acids is 1. The van der Waals surface area contributed by atoms with Crippen LogP contribution in [0.1, 0.15) is 24.8 Å². The molecule has 1 fully saturated rings. The first-order chi connectivity index (χ1) is 8.01. The Bertz CT molecular complexity index is 407. The lowest BCUT2D eigenvalue weighted by Crippen LogP contribution is -2.28. The number of benzene rings is 1. The molecule has 1 aromatic carbocycles. The van der Waals surface area contributed by atoms with Crippen LogP contribution in [0, 0.1) is 12.3 Å². The van der Waals surface area contributed by atoms with Crippen LogP contribution in [0.3, 0.4) is 0 Å². The molecule has 0 amide bonds. The smallest absolute Gasteiger partial charge is 0.303 e. The standard InChI is InChI=1S/C14H19NO2/c1-11-3-5-12(6-4-11)15(2)10-14(7-8-14)9-13(16)17/h3-6H,7-10H2,1-2H3,(H,16,17). The molecule has 0 bridgehead atoms. The molecule has 1 saturated carbocycles. The van der Waals surface area contributed by atoms with E-state index in [1.54, 1.807) is 0 Å². The van der Waals surface area contributed by atoms with Crippen molar-refractivity contribution < 1.29 is 9.90 Å². The molecule has 1 aliphatic rings. The van der Waals surface area contributed by atoms with Gasteiger partial charge in [-0.2, -0.15) is 0 Å². The number of hydrogen-bond acceptors (Lipinski definition) is 2. The molecule has 17 heavy (non-hydrogen) atoms. The average Bonchev–Trinajstić information content (AvgIpc) is 2.97. The van der Waals surface area contributed by atoms with Gasteiger partial charge in [0.2, 0.25) is 0 Å². The van der Waals surface area contributed by atoms with Gasteiger partial charge in [-0.15, -0.1) is 0 Å². The summed E-state index contributed by atoms with van der Waals surface area (Å²) >= 11 is 0. The van der Waals surface area contributed by atoms with Gasteiger partial charge in [-0.3, -0.25) is 4.79 Å². The summed E-state index contributed by atoms with van der Waals surface area (Å²) in [5.74, 6) is -0.681. The first kappa shape index (κ1) is 12.0. The largest absolute Gasteiger partial charge is 0.481 e. The van der Waals surface area contributed by atoms with Crippen LogP contribution >= 0.6 is 0 Å². The molecule has 0 aromatic heterocycles. The van der Waals surface area contributed by atoms with Crippen LogP contribution in [0.15, 0.2) is 24.3 Å². The zero-order chi connectivity index (χ0) is 12.5. The van der Waals surface area contributed by atoms with Crippen molar-refractivity contribution in [3.05, 3.63) is 29.8 Å². The predicted molar refractivity (Wildman–Crippen MR) is 68.4 cm³/mol. The molecule has 0 spiro atoms. The fourth-order valence-electron chi connectivity index (χ4n) is 2.28. The van der Waals surface area contributed by atoms with Crippen LogP contribution in [0.2, 0.25) is 0 Å². The van der Waals surface area contributed by atoms with E-state index in [0.717, 1.165) is 25.1 Å². The van der Waals surface area contributed by atoms with Crippen LogP contribution in [0.5, 0.6) is 0 Å². The van der Waals surface area contributed by atoms with Gasteiger partial charge in [-0.05, 0) is 37.3 Å². The minimum atomic E-state index is -0.681. The van der Waals surface area contributed by atoms with Gasteiger partial charge in [0, 0.05) is 19.3 Å². The zero-order valence-corrected chi connectivity index (χ0v) is 10.4. The minimum Gasteiger partial charge on any atom is -0.481 e. The topological polar surface area (TPSA) is 40.5 Å². The third-order valence-electron chi connectivity index (χ3n) is 3.53. The maximum atomic E-state index is 10.8. The Kier molecular flexibility index (Phi) is 3.09. The molecule has 0 atom stereocenters. The molecule has 0 aliphatic heterocycles. The van der Waals surface area contributed by atoms with E-state index in [9.17, 15) is 4.79 Å². The molecule has 3 heteroatoms. The summed E-state index contributed by atoms with van der Waals surface area (Å²) in [7, 11) is 2.03. The average molecular weight is 233 g/mol. The molecule has 92 valence electrons. The predicted octanol–water partition coefficient (Wildman–Crippen LogP) is 2.69. The Morgan fingerprint density at radius 3 is 2.41 bits per heavy atom. The van der Waals surface area contributed by atoms with E-state index in [-0.39, 0.29) is 5.41 Å². The van der Waals surface area contributed by atoms with Crippen molar-refractivity contribution in [1.29, 1.82) is 0 Å². The van der Waals surface area contributed by atoms with Gasteiger partial charge < -0.3 is 10.0 Å². The number of nitrogens with zero attached hydrogens (tertiary/aromatic N) is 1. The second kappa shape index (κ2) is 4.40. The Morgan fingerprint density at radius 1 is 1.35 bits per heavy atom. The van der Waals surface area contributed by atoms with Crippen molar-refractivity contribution in [2.24, 2.45) is 5.41 Å². The number of anilines is 1. The van der Waals surface area contributed by atoms with E-state index < -0.39 is 5.97 Å². The lowest BCUT2D eigenvalue weighted by atomic mass is 10.0. The van der Waals surface area contributed by atoms with Gasteiger partial charge in [0.25, 0.3) is 0 Å². The summed E-state index contributed by atoms with van der Waals surface area (Å²) in [6.45, 7) is 2.90. The molecule has 0 heterocycles. The highest BCUT2D eigenvalue weighted by Gasteiger charge is 2.45. The molecule has 1 N–H and O–H groups in total. The van der Waals surface area contributed by atoms with Crippen LogP contribution < -0.4 is 4.90 Å². The van der Waals surface area contributed by atoms with Crippen molar-refractivity contribution in [2.45, 2.75) is 26.2 Å². The number of carboxylic acid groups (broad SMARTS) is 1. The molecular weight excluding hydrogens is 214 g/mol. The van der Waals surface area contributed by atoms with E-state index >= 15 is 0 Å². The summed E-state index contributed by atoms with van der Waals surface area (Å²) in [5, 5.41) is 8.89. The highest BCUT2D eigenvalue weighted by atomic mass is 16.4. The van der Waals surface area contributed by atoms with Gasteiger partial charge in [-0.25, -0.2) is 0 Å². The Labute approximate surface area is 102 Å². The first-order valence-electron chi connectivity index (χ1n) is 6.00. The fourth-order valence-corrected chi connectivity index (χ4v) is 2.28. The van der Waals surface area contributed by atoms with Crippen molar-refractivity contribution in [2.75, 3.05) is 18.5 Å². The summed E-state index contributed by atoms with van der Waals surface area (Å²) in [5.41, 5.74) is 2.42. The first-order valence-corrected chi connectivity index (χ1v) is 6.00. The molecule has 0 unspecified atom stereocenters. The van der Waals surface area contributed by atoms with Crippen LogP contribution in [0.4, 0.5) is 5.69 Å². The van der Waals surface area contributed by atoms with Crippen LogP contribution in [-0.4, -0.2) is 24.7 Å². The lowest BCUT2D eigenvalue weighted by molar-refractivity contribution is -0.138. The highest BCUT2D eigenvalue weighted by Crippen LogP contribution is 2.49. The Balaban J connectivity index is 1.99. The Morgan fingerprint density at radius 2 is 1.94 bits per heavy atom. The normalized spacial score (nSPS) is 16.6. The Hall–Kier alpha value is -1.51. The minimum absolute atomic E-state index is 0.0193. The maximum Gasteiger partial charge on any atom is 0.303 e. The van der Waals surface area contributed by atoms with Crippen molar-refractivity contribution >= 4 is 11.7 Å². The maximum absolute atomic E-state index is 10.8. The highest BCUT2D eigenvalue weighted by molar-refractivity contribution is 5.68. The molecule has 2 rings (SSSR count). The molecule has 0 saturated heterocycles. The fraction of sp³-hybridized carbons (Fsp3) is 0.500. The second-order valence-electron chi connectivity index (χ2n) is 5.26. The summed E-state index contributed by atoms with van der Waals surface area (Å²) < 4.78 is 0. The second-order valence-corrected chi connectivity index (χ2v) is 5.26. The van der Waals surface area contributed by atoms with Crippen LogP contribution in [0.25, 0.3) is 0 Å². The third-order valence-corrected chi connectivity index (χ3v) is 3.53. The van der Waals surface area contributed by atoms with Gasteiger partial charge in [-0.1, -0.05) is 17.7 Å². The van der Waals surface area contributed by atoms with E-state index in [1.807, 2.05) is 7.05 Å². The van der Waals surface area contributed by atoms with Crippen molar-refractivity contribution in [3.63, 3.8) is 0 Å². The van der Waals surface area contributed by atoms with E-state index in [0.29, 0.717) is 6.42 Å². The summed E-state index contributed by atoms with van der Waals surface area (Å²) in [6, 6.07) is 8.35. The lowest BCUT2D eigenvalue weighted by Gasteiger charge is -2.24. The van der Waals surface area contributed by atoms with Gasteiger partial charge in [0.15, 0.2) is 0 Å². The number of carbonyl (C=O) groups is 1. The SMILES string of the molecule is Cc1ccc(N(C)CC2(CC(=O)O)CC2)cc1. The van der Waals surface area contributed by atoms with Gasteiger partial charge >= 0.3 is 5.97 Å². The number of rotatable bonds is 5. The number of hydrogen-bond donors (Lipinski definition) is 1. The molecule has 3 nitrogen and oxygen atoms in total. The third kappa shape index (κ3) is 2.99. The van der Waals surface area contributed by atoms with Crippen molar-refractivity contribution in [3.8, 4) is 0 Å². The zero-order valence-electron chi connectivity index (χ0n) is 10.4. The molecule has 0 radical (unpaired) electrons. The van der Waals surface area contributed by atoms with Crippen molar-refractivity contribution in [1.82, 2.24) is 0 Å². The molecule has 1 aromatic rings. The number of aryl methyl sites for hydroxylation is 1. The summed E-state index contributed by atoms with van der Waals surface area (Å²) in [4.78, 5) is 13.0. The number of carboxylic acids is 1. The molecular formula is C14H19NO2. The van der Waals surface area contributed by atoms with Gasteiger partial charge in [0.1, 0.15) is 0 Å². The monoisotopic (exact) mass is 233 g/mol. The molecule has 1 aliphatic carbocycles. The van der Waals surface area contributed by atoms with E-state index in [4.69, 9.17) is 5.11 Å². The van der Waals surface area contributed by atoms with Crippen LogP contribution in [-0.2, 0) is 4.79 Å². The van der Waals surface area contributed by atoms with E-state index in [2.05, 4.69) is 36.1 Å². The van der Waals surface area contributed by atoms with Gasteiger partial charge in [0.05, 0.1) is 6.42 Å².